The lowest BCUT2D eigenvalue weighted by molar-refractivity contribution is 0.0689. The highest BCUT2D eigenvalue weighted by molar-refractivity contribution is 5.87. The third-order valence-corrected chi connectivity index (χ3v) is 2.53. The number of carboxylic acid groups (broad SMARTS) is 1. The number of hydrogen-bond donors (Lipinski definition) is 1. The van der Waals surface area contributed by atoms with Gasteiger partial charge in [-0.25, -0.2) is 13.6 Å². The molecule has 0 aliphatic rings. The van der Waals surface area contributed by atoms with Crippen LogP contribution in [-0.2, 0) is 7.05 Å². The van der Waals surface area contributed by atoms with Crippen LogP contribution in [0.3, 0.4) is 0 Å². The first-order chi connectivity index (χ1) is 8.49. The largest absolute Gasteiger partial charge is 0.476 e. The summed E-state index contributed by atoms with van der Waals surface area (Å²) >= 11 is 0. The summed E-state index contributed by atoms with van der Waals surface area (Å²) in [7, 11) is 1.57. The van der Waals surface area contributed by atoms with Crippen molar-refractivity contribution in [1.29, 1.82) is 0 Å². The second kappa shape index (κ2) is 4.56. The van der Waals surface area contributed by atoms with Crippen molar-refractivity contribution in [3.63, 3.8) is 0 Å². The van der Waals surface area contributed by atoms with E-state index >= 15 is 0 Å². The topological polar surface area (TPSA) is 55.1 Å². The lowest BCUT2D eigenvalue weighted by Gasteiger charge is -2.04. The van der Waals surface area contributed by atoms with Gasteiger partial charge >= 0.3 is 5.97 Å². The van der Waals surface area contributed by atoms with Crippen molar-refractivity contribution in [3.8, 4) is 11.3 Å². The van der Waals surface area contributed by atoms with Crippen molar-refractivity contribution in [2.45, 2.75) is 6.43 Å². The van der Waals surface area contributed by atoms with E-state index in [9.17, 15) is 13.6 Å². The van der Waals surface area contributed by atoms with E-state index in [1.807, 2.05) is 0 Å². The van der Waals surface area contributed by atoms with Gasteiger partial charge in [0.2, 0.25) is 0 Å². The molecule has 0 aliphatic carbocycles. The number of rotatable bonds is 3. The van der Waals surface area contributed by atoms with Gasteiger partial charge in [-0.15, -0.1) is 0 Å². The standard InChI is InChI=1S/C12H10F2N2O2/c1-16-10(6-9(15-16)12(17)18)7-3-2-4-8(5-7)11(13)14/h2-6,11H,1H3,(H,17,18). The second-order valence-electron chi connectivity index (χ2n) is 3.77. The zero-order chi connectivity index (χ0) is 13.3. The van der Waals surface area contributed by atoms with Crippen LogP contribution in [0.2, 0.25) is 0 Å². The summed E-state index contributed by atoms with van der Waals surface area (Å²) in [5.74, 6) is -1.15. The van der Waals surface area contributed by atoms with E-state index < -0.39 is 12.4 Å². The average molecular weight is 252 g/mol. The number of halogens is 2. The highest BCUT2D eigenvalue weighted by atomic mass is 19.3. The van der Waals surface area contributed by atoms with E-state index in [1.165, 1.54) is 28.9 Å². The van der Waals surface area contributed by atoms with Gasteiger partial charge in [0, 0.05) is 18.2 Å². The van der Waals surface area contributed by atoms with Crippen molar-refractivity contribution < 1.29 is 18.7 Å². The van der Waals surface area contributed by atoms with E-state index in [2.05, 4.69) is 5.10 Å². The maximum absolute atomic E-state index is 12.6. The number of carboxylic acids is 1. The van der Waals surface area contributed by atoms with Gasteiger partial charge in [-0.1, -0.05) is 18.2 Å². The summed E-state index contributed by atoms with van der Waals surface area (Å²) in [5, 5.41) is 12.6. The normalized spacial score (nSPS) is 10.9. The Labute approximate surface area is 101 Å². The molecular formula is C12H10F2N2O2. The minimum atomic E-state index is -2.56. The number of benzene rings is 1. The summed E-state index contributed by atoms with van der Waals surface area (Å²) in [4.78, 5) is 10.8. The Morgan fingerprint density at radius 3 is 2.67 bits per heavy atom. The van der Waals surface area contributed by atoms with Gasteiger partial charge in [-0.2, -0.15) is 5.10 Å². The molecular weight excluding hydrogens is 242 g/mol. The van der Waals surface area contributed by atoms with E-state index in [0.717, 1.165) is 0 Å². The van der Waals surface area contributed by atoms with Gasteiger partial charge < -0.3 is 5.11 Å². The van der Waals surface area contributed by atoms with Crippen molar-refractivity contribution in [1.82, 2.24) is 9.78 Å². The summed E-state index contributed by atoms with van der Waals surface area (Å²) in [5.41, 5.74) is 0.769. The first-order valence-electron chi connectivity index (χ1n) is 5.15. The molecule has 0 unspecified atom stereocenters. The van der Waals surface area contributed by atoms with Crippen LogP contribution in [0.5, 0.6) is 0 Å². The van der Waals surface area contributed by atoms with Gasteiger partial charge in [0.05, 0.1) is 5.69 Å². The fourth-order valence-electron chi connectivity index (χ4n) is 1.68. The Morgan fingerprint density at radius 2 is 2.11 bits per heavy atom. The van der Waals surface area contributed by atoms with Crippen LogP contribution < -0.4 is 0 Å². The maximum atomic E-state index is 12.6. The molecule has 0 spiro atoms. The Balaban J connectivity index is 2.48. The number of aryl methyl sites for hydroxylation is 1. The molecule has 0 saturated carbocycles. The quantitative estimate of drug-likeness (QED) is 0.913. The van der Waals surface area contributed by atoms with Crippen molar-refractivity contribution in [3.05, 3.63) is 41.6 Å². The first-order valence-corrected chi connectivity index (χ1v) is 5.15. The fourth-order valence-corrected chi connectivity index (χ4v) is 1.68. The fraction of sp³-hybridized carbons (Fsp3) is 0.167. The molecule has 0 fully saturated rings. The first kappa shape index (κ1) is 12.2. The van der Waals surface area contributed by atoms with Gasteiger partial charge in [-0.3, -0.25) is 4.68 Å². The second-order valence-corrected chi connectivity index (χ2v) is 3.77. The minimum absolute atomic E-state index is 0.106. The summed E-state index contributed by atoms with van der Waals surface area (Å²) in [6.45, 7) is 0. The van der Waals surface area contributed by atoms with Crippen LogP contribution in [0.15, 0.2) is 30.3 Å². The maximum Gasteiger partial charge on any atom is 0.356 e. The number of nitrogens with zero attached hydrogens (tertiary/aromatic N) is 2. The Kier molecular flexibility index (Phi) is 3.10. The van der Waals surface area contributed by atoms with Crippen molar-refractivity contribution >= 4 is 5.97 Å². The monoisotopic (exact) mass is 252 g/mol. The van der Waals surface area contributed by atoms with Gasteiger partial charge in [0.15, 0.2) is 5.69 Å². The molecule has 0 atom stereocenters. The lowest BCUT2D eigenvalue weighted by atomic mass is 10.1. The van der Waals surface area contributed by atoms with Crippen LogP contribution in [0.25, 0.3) is 11.3 Å². The molecule has 0 amide bonds. The summed E-state index contributed by atoms with van der Waals surface area (Å²) in [6, 6.07) is 7.14. The SMILES string of the molecule is Cn1nc(C(=O)O)cc1-c1cccc(C(F)F)c1. The number of carbonyl (C=O) groups is 1. The van der Waals surface area contributed by atoms with Crippen LogP contribution in [0.4, 0.5) is 8.78 Å². The van der Waals surface area contributed by atoms with E-state index in [0.29, 0.717) is 11.3 Å². The third-order valence-electron chi connectivity index (χ3n) is 2.53. The zero-order valence-electron chi connectivity index (χ0n) is 9.47. The van der Waals surface area contributed by atoms with E-state index in [-0.39, 0.29) is 11.3 Å². The van der Waals surface area contributed by atoms with Crippen LogP contribution in [-0.4, -0.2) is 20.9 Å². The average Bonchev–Trinajstić information content (AvgIpc) is 2.72. The molecule has 0 radical (unpaired) electrons. The highest BCUT2D eigenvalue weighted by Gasteiger charge is 2.14. The lowest BCUT2D eigenvalue weighted by Crippen LogP contribution is -1.99. The third kappa shape index (κ3) is 2.22. The summed E-state index contributed by atoms with van der Waals surface area (Å²) in [6.07, 6.45) is -2.56. The Morgan fingerprint density at radius 1 is 1.39 bits per heavy atom. The number of hydrogen-bond acceptors (Lipinski definition) is 2. The predicted octanol–water partition coefficient (Wildman–Crippen LogP) is 2.72. The molecule has 2 aromatic rings. The zero-order valence-corrected chi connectivity index (χ0v) is 9.47. The van der Waals surface area contributed by atoms with Crippen LogP contribution in [0.1, 0.15) is 22.5 Å². The van der Waals surface area contributed by atoms with Crippen LogP contribution >= 0.6 is 0 Å². The molecule has 1 heterocycles. The van der Waals surface area contributed by atoms with E-state index in [4.69, 9.17) is 5.11 Å². The number of alkyl halides is 2. The van der Waals surface area contributed by atoms with Gasteiger partial charge in [0.25, 0.3) is 6.43 Å². The molecule has 0 aliphatic heterocycles. The van der Waals surface area contributed by atoms with Crippen molar-refractivity contribution in [2.75, 3.05) is 0 Å². The van der Waals surface area contributed by atoms with Crippen LogP contribution in [0, 0.1) is 0 Å². The van der Waals surface area contributed by atoms with E-state index in [1.54, 1.807) is 13.1 Å². The summed E-state index contributed by atoms with van der Waals surface area (Å²) < 4.78 is 26.5. The molecule has 1 aromatic carbocycles. The molecule has 0 saturated heterocycles. The smallest absolute Gasteiger partial charge is 0.356 e. The number of aromatic nitrogens is 2. The minimum Gasteiger partial charge on any atom is -0.476 e. The molecule has 4 nitrogen and oxygen atoms in total. The molecule has 0 bridgehead atoms. The molecule has 1 N–H and O–H groups in total. The molecule has 6 heteroatoms. The van der Waals surface area contributed by atoms with Crippen molar-refractivity contribution in [2.24, 2.45) is 7.05 Å². The number of aromatic carboxylic acids is 1. The molecule has 94 valence electrons. The van der Waals surface area contributed by atoms with Gasteiger partial charge in [0.1, 0.15) is 0 Å². The molecule has 18 heavy (non-hydrogen) atoms. The van der Waals surface area contributed by atoms with Gasteiger partial charge in [-0.05, 0) is 12.1 Å². The predicted molar refractivity (Wildman–Crippen MR) is 60.6 cm³/mol. The molecule has 1 aromatic heterocycles. The Bertz CT molecular complexity index is 594. The highest BCUT2D eigenvalue weighted by Crippen LogP contribution is 2.25. The molecule has 2 rings (SSSR count). The Hall–Kier alpha value is -2.24.